The van der Waals surface area contributed by atoms with E-state index in [0.29, 0.717) is 0 Å². The van der Waals surface area contributed by atoms with Crippen LogP contribution in [0.2, 0.25) is 0 Å². The van der Waals surface area contributed by atoms with E-state index in [-0.39, 0.29) is 31.4 Å². The maximum absolute atomic E-state index is 10.7. The van der Waals surface area contributed by atoms with E-state index in [1.54, 1.807) is 0 Å². The van der Waals surface area contributed by atoms with Gasteiger partial charge in [-0.15, -0.1) is 0 Å². The van der Waals surface area contributed by atoms with Crippen LogP contribution < -0.4 is 11.1 Å². The SMILES string of the molecule is NCC(=O)NCCOC(=O)CSCl. The highest BCUT2D eigenvalue weighted by Crippen LogP contribution is 2.04. The van der Waals surface area contributed by atoms with Crippen LogP contribution >= 0.6 is 21.7 Å². The van der Waals surface area contributed by atoms with Gasteiger partial charge in [0.2, 0.25) is 5.91 Å². The topological polar surface area (TPSA) is 81.4 Å². The molecular weight excluding hydrogens is 216 g/mol. The molecule has 0 spiro atoms. The van der Waals surface area contributed by atoms with E-state index >= 15 is 0 Å². The quantitative estimate of drug-likeness (QED) is 0.471. The first-order chi connectivity index (χ1) is 6.20. The molecule has 0 saturated heterocycles. The minimum absolute atomic E-state index is 0.0640. The predicted molar refractivity (Wildman–Crippen MR) is 51.3 cm³/mol. The third-order valence-corrected chi connectivity index (χ3v) is 1.72. The normalized spacial score (nSPS) is 9.38. The van der Waals surface area contributed by atoms with Crippen LogP contribution in [0.1, 0.15) is 0 Å². The third-order valence-electron chi connectivity index (χ3n) is 1.05. The second-order valence-electron chi connectivity index (χ2n) is 2.03. The van der Waals surface area contributed by atoms with Gasteiger partial charge in [0, 0.05) is 0 Å². The van der Waals surface area contributed by atoms with Crippen molar-refractivity contribution in [3.63, 3.8) is 0 Å². The zero-order valence-corrected chi connectivity index (χ0v) is 8.49. The van der Waals surface area contributed by atoms with Crippen molar-refractivity contribution in [1.82, 2.24) is 5.32 Å². The molecule has 0 aliphatic rings. The zero-order valence-electron chi connectivity index (χ0n) is 6.92. The lowest BCUT2D eigenvalue weighted by atomic mass is 10.5. The van der Waals surface area contributed by atoms with Gasteiger partial charge in [-0.2, -0.15) is 0 Å². The summed E-state index contributed by atoms with van der Waals surface area (Å²) in [7, 11) is 6.08. The van der Waals surface area contributed by atoms with Gasteiger partial charge < -0.3 is 15.8 Å². The number of nitrogens with one attached hydrogen (secondary N) is 1. The molecule has 5 nitrogen and oxygen atoms in total. The van der Waals surface area contributed by atoms with Crippen molar-refractivity contribution in [1.29, 1.82) is 0 Å². The van der Waals surface area contributed by atoms with Crippen LogP contribution in [0, 0.1) is 0 Å². The molecule has 0 aromatic carbocycles. The number of amides is 1. The molecule has 13 heavy (non-hydrogen) atoms. The molecule has 7 heteroatoms. The Morgan fingerprint density at radius 3 is 2.77 bits per heavy atom. The first-order valence-corrected chi connectivity index (χ1v) is 5.37. The number of esters is 1. The second-order valence-corrected chi connectivity index (χ2v) is 3.19. The summed E-state index contributed by atoms with van der Waals surface area (Å²) >= 11 is 0. The maximum Gasteiger partial charge on any atom is 0.317 e. The molecule has 0 atom stereocenters. The Labute approximate surface area is 84.8 Å². The van der Waals surface area contributed by atoms with Crippen LogP contribution in [0.4, 0.5) is 0 Å². The van der Waals surface area contributed by atoms with Gasteiger partial charge in [-0.05, 0) is 21.7 Å². The average Bonchev–Trinajstić information content (AvgIpc) is 2.12. The van der Waals surface area contributed by atoms with Gasteiger partial charge in [-0.1, -0.05) is 0 Å². The lowest BCUT2D eigenvalue weighted by Gasteiger charge is -2.04. The molecule has 1 amide bonds. The Hall–Kier alpha value is -0.460. The molecule has 76 valence electrons. The molecular formula is C6H11ClN2O3S. The lowest BCUT2D eigenvalue weighted by molar-refractivity contribution is -0.140. The number of nitrogens with two attached hydrogens (primary N) is 1. The van der Waals surface area contributed by atoms with Crippen molar-refractivity contribution in [2.45, 2.75) is 0 Å². The van der Waals surface area contributed by atoms with E-state index in [2.05, 4.69) is 10.1 Å². The van der Waals surface area contributed by atoms with E-state index in [9.17, 15) is 9.59 Å². The minimum atomic E-state index is -0.401. The van der Waals surface area contributed by atoms with Crippen molar-refractivity contribution in [2.75, 3.05) is 25.4 Å². The molecule has 0 aromatic heterocycles. The van der Waals surface area contributed by atoms with Crippen LogP contribution in [0.15, 0.2) is 0 Å². The first-order valence-electron chi connectivity index (χ1n) is 3.56. The maximum atomic E-state index is 10.7. The molecule has 3 N–H and O–H groups in total. The number of hydrogen-bond donors (Lipinski definition) is 2. The minimum Gasteiger partial charge on any atom is -0.463 e. The molecule has 0 rings (SSSR count). The van der Waals surface area contributed by atoms with Crippen molar-refractivity contribution < 1.29 is 14.3 Å². The fraction of sp³-hybridized carbons (Fsp3) is 0.667. The Morgan fingerprint density at radius 1 is 1.54 bits per heavy atom. The molecule has 0 aliphatic heterocycles. The third kappa shape index (κ3) is 7.89. The van der Waals surface area contributed by atoms with Crippen LogP contribution in [0.5, 0.6) is 0 Å². The fourth-order valence-electron chi connectivity index (χ4n) is 0.514. The van der Waals surface area contributed by atoms with Crippen molar-refractivity contribution in [3.8, 4) is 0 Å². The summed E-state index contributed by atoms with van der Waals surface area (Å²) in [6, 6.07) is 0. The van der Waals surface area contributed by atoms with Crippen LogP contribution in [-0.2, 0) is 14.3 Å². The molecule has 0 radical (unpaired) electrons. The largest absolute Gasteiger partial charge is 0.463 e. The van der Waals surface area contributed by atoms with E-state index < -0.39 is 5.97 Å². The van der Waals surface area contributed by atoms with Gasteiger partial charge in [0.25, 0.3) is 0 Å². The van der Waals surface area contributed by atoms with Gasteiger partial charge in [-0.25, -0.2) is 0 Å². The summed E-state index contributed by atoms with van der Waals surface area (Å²) in [6.45, 7) is 0.349. The molecule has 0 heterocycles. The van der Waals surface area contributed by atoms with Crippen LogP contribution in [0.25, 0.3) is 0 Å². The Kier molecular flexibility index (Phi) is 7.86. The Morgan fingerprint density at radius 2 is 2.23 bits per heavy atom. The number of carbonyl (C=O) groups is 2. The molecule has 0 aromatic rings. The first kappa shape index (κ1) is 12.5. The van der Waals surface area contributed by atoms with Crippen LogP contribution in [0.3, 0.4) is 0 Å². The fourth-order valence-corrected chi connectivity index (χ4v) is 0.953. The number of halogens is 1. The summed E-state index contributed by atoms with van der Waals surface area (Å²) in [5.74, 6) is -0.573. The van der Waals surface area contributed by atoms with Gasteiger partial charge in [-0.3, -0.25) is 9.59 Å². The summed E-state index contributed by atoms with van der Waals surface area (Å²) in [4.78, 5) is 21.3. The molecule has 0 bridgehead atoms. The van der Waals surface area contributed by atoms with E-state index in [4.69, 9.17) is 16.4 Å². The number of carbonyl (C=O) groups excluding carboxylic acids is 2. The van der Waals surface area contributed by atoms with E-state index in [0.717, 1.165) is 11.0 Å². The standard InChI is InChI=1S/C6H11ClN2O3S/c7-13-4-6(11)12-2-1-9-5(10)3-8/h1-4,8H2,(H,9,10). The summed E-state index contributed by atoms with van der Waals surface area (Å²) in [5, 5.41) is 2.45. The smallest absolute Gasteiger partial charge is 0.317 e. The average molecular weight is 227 g/mol. The Bertz CT molecular complexity index is 179. The van der Waals surface area contributed by atoms with Gasteiger partial charge in [0.1, 0.15) is 12.4 Å². The molecule has 0 unspecified atom stereocenters. The zero-order chi connectivity index (χ0) is 10.1. The van der Waals surface area contributed by atoms with E-state index in [1.165, 1.54) is 0 Å². The highest BCUT2D eigenvalue weighted by atomic mass is 35.7. The molecule has 0 saturated carbocycles. The molecule has 0 aliphatic carbocycles. The monoisotopic (exact) mass is 226 g/mol. The van der Waals surface area contributed by atoms with Gasteiger partial charge >= 0.3 is 5.97 Å². The summed E-state index contributed by atoms with van der Waals surface area (Å²) < 4.78 is 4.68. The Balaban J connectivity index is 3.25. The predicted octanol–water partition coefficient (Wildman–Crippen LogP) is -0.508. The second kappa shape index (κ2) is 8.15. The van der Waals surface area contributed by atoms with Gasteiger partial charge in [0.15, 0.2) is 0 Å². The summed E-state index contributed by atoms with van der Waals surface area (Å²) in [5.41, 5.74) is 5.02. The summed E-state index contributed by atoms with van der Waals surface area (Å²) in [6.07, 6.45) is 0. The van der Waals surface area contributed by atoms with Crippen molar-refractivity contribution >= 4 is 33.5 Å². The van der Waals surface area contributed by atoms with E-state index in [1.807, 2.05) is 0 Å². The van der Waals surface area contributed by atoms with Crippen LogP contribution in [-0.4, -0.2) is 37.3 Å². The highest BCUT2D eigenvalue weighted by Gasteiger charge is 2.01. The van der Waals surface area contributed by atoms with Crippen molar-refractivity contribution in [2.24, 2.45) is 5.73 Å². The van der Waals surface area contributed by atoms with Crippen molar-refractivity contribution in [3.05, 3.63) is 0 Å². The number of ether oxygens (including phenoxy) is 1. The number of rotatable bonds is 6. The highest BCUT2D eigenvalue weighted by molar-refractivity contribution is 8.21. The lowest BCUT2D eigenvalue weighted by Crippen LogP contribution is -2.33. The molecule has 0 fully saturated rings. The van der Waals surface area contributed by atoms with Gasteiger partial charge in [0.05, 0.1) is 13.1 Å². The number of hydrogen-bond acceptors (Lipinski definition) is 5.